The van der Waals surface area contributed by atoms with E-state index in [1.807, 2.05) is 22.7 Å². The third kappa shape index (κ3) is 6.58. The number of fused-ring (bicyclic) bond motifs is 8. The van der Waals surface area contributed by atoms with Crippen molar-refractivity contribution in [3.05, 3.63) is 172 Å². The predicted octanol–water partition coefficient (Wildman–Crippen LogP) is 16.6. The molecule has 5 heterocycles. The van der Waals surface area contributed by atoms with Gasteiger partial charge in [0.25, 0.3) is 6.71 Å². The lowest BCUT2D eigenvalue weighted by molar-refractivity contribution is 0.589. The third-order valence-electron chi connectivity index (χ3n) is 14.5. The van der Waals surface area contributed by atoms with Crippen molar-refractivity contribution < 1.29 is 4.42 Å². The molecule has 0 N–H and O–H groups in total. The van der Waals surface area contributed by atoms with Gasteiger partial charge in [0.2, 0.25) is 0 Å². The Morgan fingerprint density at radius 2 is 1.12 bits per heavy atom. The molecule has 0 amide bonds. The van der Waals surface area contributed by atoms with Gasteiger partial charge in [0.05, 0.1) is 17.0 Å². The van der Waals surface area contributed by atoms with Crippen molar-refractivity contribution in [2.75, 3.05) is 9.80 Å². The minimum absolute atomic E-state index is 0.00858. The maximum absolute atomic E-state index is 7.43. The summed E-state index contributed by atoms with van der Waals surface area (Å²) in [5.41, 5.74) is 23.0. The highest BCUT2D eigenvalue weighted by molar-refractivity contribution is 7.18. The highest BCUT2D eigenvalue weighted by Gasteiger charge is 2.48. The van der Waals surface area contributed by atoms with Crippen LogP contribution in [0.15, 0.2) is 149 Å². The molecule has 0 saturated heterocycles. The van der Waals surface area contributed by atoms with Crippen molar-refractivity contribution in [2.45, 2.75) is 86.0 Å². The predicted molar refractivity (Wildman–Crippen MR) is 293 cm³/mol. The van der Waals surface area contributed by atoms with Crippen molar-refractivity contribution in [2.24, 2.45) is 0 Å². The Morgan fingerprint density at radius 3 is 1.73 bits per heavy atom. The van der Waals surface area contributed by atoms with Crippen LogP contribution in [-0.2, 0) is 10.8 Å². The van der Waals surface area contributed by atoms with Gasteiger partial charge in [-0.15, -0.1) is 22.7 Å². The van der Waals surface area contributed by atoms with Crippen LogP contribution < -0.4 is 26.4 Å². The normalized spacial score (nSPS) is 13.6. The van der Waals surface area contributed by atoms with Crippen LogP contribution in [-0.4, -0.2) is 6.71 Å². The van der Waals surface area contributed by atoms with Crippen LogP contribution in [0.4, 0.5) is 34.1 Å². The number of nitrogens with zero attached hydrogens (tertiary/aromatic N) is 2. The molecule has 67 heavy (non-hydrogen) atoms. The second-order valence-corrected chi connectivity index (χ2v) is 23.1. The standard InChI is InChI=1S/C61H55BN2OS2/c1-35(2)40-30-51-56-52(31-40)64(57-36(3)27-42(28-37(57)4)61(8,9)10)58-46-32-41(60(5,6)7)22-26-53(46)65-59(58)62(56)49-29-39(48-34-67-55-18-14-12-16-45(48)55)21-25-50(49)63(51)43-23-19-38(20-24-43)47-33-66-54-17-13-11-15-44(47)54/h11-35H,1-10H3. The lowest BCUT2D eigenvalue weighted by Gasteiger charge is -2.44. The highest BCUT2D eigenvalue weighted by atomic mass is 32.1. The van der Waals surface area contributed by atoms with Gasteiger partial charge in [0.1, 0.15) is 5.58 Å². The van der Waals surface area contributed by atoms with Gasteiger partial charge in [-0.1, -0.05) is 134 Å². The molecule has 2 aliphatic rings. The van der Waals surface area contributed by atoms with E-state index in [-0.39, 0.29) is 23.5 Å². The Kier molecular flexibility index (Phi) is 9.47. The third-order valence-corrected chi connectivity index (χ3v) is 16.4. The van der Waals surface area contributed by atoms with Gasteiger partial charge in [-0.2, -0.15) is 0 Å². The number of benzene rings is 7. The van der Waals surface area contributed by atoms with E-state index in [9.17, 15) is 0 Å². The minimum Gasteiger partial charge on any atom is -0.468 e. The van der Waals surface area contributed by atoms with Gasteiger partial charge in [-0.05, 0) is 146 Å². The highest BCUT2D eigenvalue weighted by Crippen LogP contribution is 2.51. The van der Waals surface area contributed by atoms with Gasteiger partial charge in [0, 0.05) is 59.4 Å². The van der Waals surface area contributed by atoms with Crippen molar-refractivity contribution in [3.8, 4) is 22.3 Å². The summed E-state index contributed by atoms with van der Waals surface area (Å²) in [4.78, 5) is 5.16. The number of hydrogen-bond acceptors (Lipinski definition) is 5. The van der Waals surface area contributed by atoms with Crippen LogP contribution in [0.25, 0.3) is 53.4 Å². The summed E-state index contributed by atoms with van der Waals surface area (Å²) in [7, 11) is 0. The van der Waals surface area contributed by atoms with Crippen LogP contribution in [0.2, 0.25) is 0 Å². The second-order valence-electron chi connectivity index (χ2n) is 21.3. The number of thiophene rings is 2. The largest absolute Gasteiger partial charge is 0.468 e. The summed E-state index contributed by atoms with van der Waals surface area (Å²) >= 11 is 3.63. The molecule has 330 valence electrons. The summed E-state index contributed by atoms with van der Waals surface area (Å²) in [5, 5.41) is 8.39. The molecule has 2 aliphatic heterocycles. The summed E-state index contributed by atoms with van der Waals surface area (Å²) in [5.74, 6) is 0.286. The number of aryl methyl sites for hydroxylation is 2. The van der Waals surface area contributed by atoms with Gasteiger partial charge in [-0.25, -0.2) is 0 Å². The topological polar surface area (TPSA) is 19.6 Å². The van der Waals surface area contributed by atoms with Crippen LogP contribution in [0, 0.1) is 13.8 Å². The molecule has 6 heteroatoms. The van der Waals surface area contributed by atoms with Crippen molar-refractivity contribution in [3.63, 3.8) is 0 Å². The smallest absolute Gasteiger partial charge is 0.297 e. The van der Waals surface area contributed by atoms with E-state index < -0.39 is 0 Å². The molecule has 3 nitrogen and oxygen atoms in total. The summed E-state index contributed by atoms with van der Waals surface area (Å²) in [6, 6.07) is 50.8. The fraction of sp³-hybridized carbons (Fsp3) is 0.213. The fourth-order valence-corrected chi connectivity index (χ4v) is 12.9. The number of rotatable bonds is 5. The number of hydrogen-bond donors (Lipinski definition) is 0. The zero-order valence-corrected chi connectivity index (χ0v) is 41.8. The van der Waals surface area contributed by atoms with Crippen LogP contribution >= 0.6 is 22.7 Å². The average Bonchev–Trinajstić information content (AvgIpc) is 4.04. The Labute approximate surface area is 403 Å². The Balaban J connectivity index is 1.17. The van der Waals surface area contributed by atoms with Crippen molar-refractivity contribution in [1.29, 1.82) is 0 Å². The van der Waals surface area contributed by atoms with Crippen LogP contribution in [0.3, 0.4) is 0 Å². The molecule has 10 aromatic rings. The Bertz CT molecular complexity index is 3610. The number of furan rings is 1. The second kappa shape index (κ2) is 15.1. The molecule has 0 aliphatic carbocycles. The van der Waals surface area contributed by atoms with E-state index in [0.29, 0.717) is 0 Å². The first-order valence-corrected chi connectivity index (χ1v) is 25.5. The zero-order chi connectivity index (χ0) is 46.3. The van der Waals surface area contributed by atoms with E-state index in [4.69, 9.17) is 4.42 Å². The first-order valence-electron chi connectivity index (χ1n) is 23.8. The van der Waals surface area contributed by atoms with E-state index >= 15 is 0 Å². The summed E-state index contributed by atoms with van der Waals surface area (Å²) < 4.78 is 10.0. The van der Waals surface area contributed by atoms with Gasteiger partial charge in [-0.3, -0.25) is 0 Å². The Morgan fingerprint density at radius 1 is 0.537 bits per heavy atom. The maximum Gasteiger partial charge on any atom is 0.297 e. The first-order chi connectivity index (χ1) is 32.1. The molecule has 0 saturated carbocycles. The summed E-state index contributed by atoms with van der Waals surface area (Å²) in [6.45, 7) is 23.0. The lowest BCUT2D eigenvalue weighted by Crippen LogP contribution is -2.61. The van der Waals surface area contributed by atoms with Crippen molar-refractivity contribution in [1.82, 2.24) is 0 Å². The molecule has 0 bridgehead atoms. The minimum atomic E-state index is -0.162. The first kappa shape index (κ1) is 42.0. The Hall–Kier alpha value is -6.34. The molecule has 7 aromatic carbocycles. The number of anilines is 6. The molecule has 0 unspecified atom stereocenters. The van der Waals surface area contributed by atoms with E-state index in [2.05, 4.69) is 223 Å². The lowest BCUT2D eigenvalue weighted by atomic mass is 9.35. The monoisotopic (exact) mass is 906 g/mol. The molecule has 0 spiro atoms. The molecule has 0 radical (unpaired) electrons. The zero-order valence-electron chi connectivity index (χ0n) is 40.1. The van der Waals surface area contributed by atoms with E-state index in [1.165, 1.54) is 104 Å². The van der Waals surface area contributed by atoms with E-state index in [0.717, 1.165) is 28.0 Å². The molecule has 0 fully saturated rings. The van der Waals surface area contributed by atoms with Gasteiger partial charge in [0.15, 0.2) is 0 Å². The van der Waals surface area contributed by atoms with Gasteiger partial charge < -0.3 is 14.2 Å². The quantitative estimate of drug-likeness (QED) is 0.160. The maximum atomic E-state index is 7.43. The SMILES string of the molecule is Cc1cc(C(C)(C)C)cc(C)c1N1c2cc(C(C)C)cc3c2B(c2cc(-c4csc5ccccc45)ccc2N3c2ccc(-c3csc4ccccc34)cc2)c2oc3ccc(C(C)(C)C)cc3c21. The summed E-state index contributed by atoms with van der Waals surface area (Å²) in [6.07, 6.45) is 0. The molecular weight excluding hydrogens is 852 g/mol. The van der Waals surface area contributed by atoms with Crippen LogP contribution in [0.1, 0.15) is 89.1 Å². The molecule has 0 atom stereocenters. The fourth-order valence-electron chi connectivity index (χ4n) is 10.9. The van der Waals surface area contributed by atoms with Crippen LogP contribution in [0.5, 0.6) is 0 Å². The average molecular weight is 907 g/mol. The molecule has 3 aromatic heterocycles. The molecule has 12 rings (SSSR count). The molecular formula is C61H55BN2OS2. The van der Waals surface area contributed by atoms with Crippen molar-refractivity contribution >= 4 is 111 Å². The van der Waals surface area contributed by atoms with E-state index in [1.54, 1.807) is 0 Å². The van der Waals surface area contributed by atoms with Gasteiger partial charge >= 0.3 is 0 Å².